The summed E-state index contributed by atoms with van der Waals surface area (Å²) in [7, 11) is 0. The van der Waals surface area contributed by atoms with Crippen LogP contribution in [0.1, 0.15) is 53.8 Å². The summed E-state index contributed by atoms with van der Waals surface area (Å²) in [4.78, 5) is 31.6. The number of carboxylic acids is 1. The largest absolute Gasteiger partial charge is 0.480 e. The molecule has 0 spiro atoms. The minimum atomic E-state index is -2.84. The number of carbonyl (C=O) groups is 2. The van der Waals surface area contributed by atoms with Crippen LogP contribution in [0.2, 0.25) is 0 Å². The zero-order valence-electron chi connectivity index (χ0n) is 21.1. The minimum Gasteiger partial charge on any atom is -0.480 e. The minimum absolute atomic E-state index is 0.110. The second kappa shape index (κ2) is 11.4. The number of carbonyl (C=O) groups excluding carboxylic acids is 1. The first-order valence-corrected chi connectivity index (χ1v) is 13.1. The number of aromatic nitrogens is 3. The molecule has 0 aliphatic carbocycles. The number of fused-ring (bicyclic) bond motifs is 2. The predicted molar refractivity (Wildman–Crippen MR) is 138 cm³/mol. The Balaban J connectivity index is 1.11. The molecule has 1 amide bonds. The van der Waals surface area contributed by atoms with Gasteiger partial charge in [0.05, 0.1) is 11.7 Å². The highest BCUT2D eigenvalue weighted by Crippen LogP contribution is 2.25. The van der Waals surface area contributed by atoms with E-state index in [2.05, 4.69) is 32.8 Å². The van der Waals surface area contributed by atoms with Crippen LogP contribution in [0.4, 0.5) is 14.6 Å². The van der Waals surface area contributed by atoms with Gasteiger partial charge in [-0.05, 0) is 74.8 Å². The lowest BCUT2D eigenvalue weighted by Gasteiger charge is -2.20. The van der Waals surface area contributed by atoms with Crippen molar-refractivity contribution in [1.29, 1.82) is 0 Å². The Morgan fingerprint density at radius 3 is 2.92 bits per heavy atom. The van der Waals surface area contributed by atoms with E-state index >= 15 is 0 Å². The number of aryl methyl sites for hydroxylation is 2. The number of benzene rings is 1. The molecule has 4 heterocycles. The summed E-state index contributed by atoms with van der Waals surface area (Å²) in [5, 5.41) is 19.7. The Hall–Kier alpha value is -3.60. The van der Waals surface area contributed by atoms with Gasteiger partial charge < -0.3 is 20.6 Å². The van der Waals surface area contributed by atoms with Gasteiger partial charge in [0.25, 0.3) is 5.91 Å². The number of nitrogens with zero attached hydrogens (tertiary/aromatic N) is 4. The van der Waals surface area contributed by atoms with E-state index in [1.54, 1.807) is 0 Å². The standard InChI is InChI=1S/C27H32F2N6O3/c28-27(29)35-23-14-19(4-5-20(23)15-31-35)25(36)33-22(26(37)38)10-13-34-12-9-17(16-34)3-7-21-8-6-18-2-1-11-30-24(18)32-21/h4-6,8,14-15,17,22,27H,1-3,7,9-13,16H2,(H,30,32)(H,33,36)(H,37,38)/t17-,22-/m0/s1. The molecule has 2 aromatic heterocycles. The van der Waals surface area contributed by atoms with Crippen molar-refractivity contribution in [3.8, 4) is 0 Å². The molecule has 5 rings (SSSR count). The maximum atomic E-state index is 13.2. The average Bonchev–Trinajstić information content (AvgIpc) is 3.56. The number of carboxylic acid groups (broad SMARTS) is 1. The molecule has 2 atom stereocenters. The second-order valence-corrected chi connectivity index (χ2v) is 10.1. The highest BCUT2D eigenvalue weighted by molar-refractivity contribution is 5.99. The summed E-state index contributed by atoms with van der Waals surface area (Å²) in [6.07, 6.45) is 6.75. The van der Waals surface area contributed by atoms with E-state index in [0.717, 1.165) is 63.3 Å². The van der Waals surface area contributed by atoms with Gasteiger partial charge in [-0.25, -0.2) is 14.5 Å². The van der Waals surface area contributed by atoms with Gasteiger partial charge in [0.2, 0.25) is 0 Å². The number of halogens is 2. The van der Waals surface area contributed by atoms with Crippen molar-refractivity contribution in [1.82, 2.24) is 25.0 Å². The van der Waals surface area contributed by atoms with Gasteiger partial charge in [-0.3, -0.25) is 4.79 Å². The molecule has 38 heavy (non-hydrogen) atoms. The summed E-state index contributed by atoms with van der Waals surface area (Å²) in [5.41, 5.74) is 2.61. The molecular weight excluding hydrogens is 494 g/mol. The quantitative estimate of drug-likeness (QED) is 0.369. The van der Waals surface area contributed by atoms with E-state index in [1.165, 1.54) is 30.0 Å². The van der Waals surface area contributed by atoms with Gasteiger partial charge in [-0.1, -0.05) is 12.1 Å². The summed E-state index contributed by atoms with van der Waals surface area (Å²) < 4.78 is 26.9. The van der Waals surface area contributed by atoms with Gasteiger partial charge in [-0.15, -0.1) is 0 Å². The number of anilines is 1. The van der Waals surface area contributed by atoms with Crippen LogP contribution in [-0.2, 0) is 17.6 Å². The van der Waals surface area contributed by atoms with Crippen molar-refractivity contribution in [2.75, 3.05) is 31.5 Å². The fourth-order valence-corrected chi connectivity index (χ4v) is 5.36. The average molecular weight is 527 g/mol. The lowest BCUT2D eigenvalue weighted by Crippen LogP contribution is -2.43. The van der Waals surface area contributed by atoms with Gasteiger partial charge in [0, 0.05) is 36.3 Å². The van der Waals surface area contributed by atoms with E-state index in [4.69, 9.17) is 4.98 Å². The zero-order valence-corrected chi connectivity index (χ0v) is 21.1. The van der Waals surface area contributed by atoms with E-state index in [0.29, 0.717) is 22.5 Å². The molecule has 2 aliphatic rings. The van der Waals surface area contributed by atoms with Gasteiger partial charge in [-0.2, -0.15) is 13.9 Å². The number of rotatable bonds is 10. The molecular formula is C27H32F2N6O3. The molecule has 0 saturated carbocycles. The topological polar surface area (TPSA) is 112 Å². The maximum Gasteiger partial charge on any atom is 0.333 e. The smallest absolute Gasteiger partial charge is 0.333 e. The van der Waals surface area contributed by atoms with Crippen LogP contribution in [0.25, 0.3) is 10.9 Å². The van der Waals surface area contributed by atoms with Crippen molar-refractivity contribution < 1.29 is 23.5 Å². The van der Waals surface area contributed by atoms with Crippen molar-refractivity contribution in [3.63, 3.8) is 0 Å². The lowest BCUT2D eigenvalue weighted by atomic mass is 10.00. The molecule has 11 heteroatoms. The van der Waals surface area contributed by atoms with Gasteiger partial charge in [0.1, 0.15) is 11.9 Å². The molecule has 1 aromatic carbocycles. The molecule has 0 radical (unpaired) electrons. The Labute approximate surface area is 219 Å². The number of aliphatic carboxylic acids is 1. The summed E-state index contributed by atoms with van der Waals surface area (Å²) in [6, 6.07) is 7.53. The molecule has 1 fully saturated rings. The second-order valence-electron chi connectivity index (χ2n) is 10.1. The van der Waals surface area contributed by atoms with Crippen LogP contribution in [0.15, 0.2) is 36.5 Å². The van der Waals surface area contributed by atoms with Crippen LogP contribution in [-0.4, -0.2) is 68.9 Å². The maximum absolute atomic E-state index is 13.2. The number of pyridine rings is 1. The zero-order chi connectivity index (χ0) is 26.6. The Bertz CT molecular complexity index is 1310. The Kier molecular flexibility index (Phi) is 7.82. The highest BCUT2D eigenvalue weighted by atomic mass is 19.3. The third kappa shape index (κ3) is 5.93. The monoisotopic (exact) mass is 526 g/mol. The third-order valence-electron chi connectivity index (χ3n) is 7.51. The normalized spacial score (nSPS) is 18.3. The first kappa shape index (κ1) is 26.0. The van der Waals surface area contributed by atoms with E-state index in [9.17, 15) is 23.5 Å². The van der Waals surface area contributed by atoms with Crippen LogP contribution < -0.4 is 10.6 Å². The van der Waals surface area contributed by atoms with Crippen molar-refractivity contribution >= 4 is 28.6 Å². The first-order valence-electron chi connectivity index (χ1n) is 13.1. The number of hydrogen-bond donors (Lipinski definition) is 3. The highest BCUT2D eigenvalue weighted by Gasteiger charge is 2.26. The van der Waals surface area contributed by atoms with Gasteiger partial charge >= 0.3 is 12.5 Å². The molecule has 0 unspecified atom stereocenters. The number of alkyl halides is 2. The molecule has 3 N–H and O–H groups in total. The van der Waals surface area contributed by atoms with E-state index < -0.39 is 24.5 Å². The van der Waals surface area contributed by atoms with Crippen LogP contribution in [0, 0.1) is 5.92 Å². The third-order valence-corrected chi connectivity index (χ3v) is 7.51. The van der Waals surface area contributed by atoms with E-state index in [1.807, 2.05) is 0 Å². The van der Waals surface area contributed by atoms with Crippen molar-refractivity contribution in [2.45, 2.75) is 51.1 Å². The predicted octanol–water partition coefficient (Wildman–Crippen LogP) is 3.71. The molecule has 0 bridgehead atoms. The van der Waals surface area contributed by atoms with Crippen LogP contribution in [0.5, 0.6) is 0 Å². The first-order chi connectivity index (χ1) is 18.4. The lowest BCUT2D eigenvalue weighted by molar-refractivity contribution is -0.139. The number of nitrogens with one attached hydrogen (secondary N) is 2. The molecule has 3 aromatic rings. The molecule has 1 saturated heterocycles. The van der Waals surface area contributed by atoms with E-state index in [-0.39, 0.29) is 17.5 Å². The summed E-state index contributed by atoms with van der Waals surface area (Å²) >= 11 is 0. The number of hydrogen-bond acceptors (Lipinski definition) is 6. The number of likely N-dealkylation sites (tertiary alicyclic amines) is 1. The molecule has 2 aliphatic heterocycles. The van der Waals surface area contributed by atoms with Crippen molar-refractivity contribution in [2.24, 2.45) is 5.92 Å². The fraction of sp³-hybridized carbons (Fsp3) is 0.481. The summed E-state index contributed by atoms with van der Waals surface area (Å²) in [5.74, 6) is -0.208. The summed E-state index contributed by atoms with van der Waals surface area (Å²) in [6.45, 7) is 0.453. The Morgan fingerprint density at radius 1 is 1.24 bits per heavy atom. The SMILES string of the molecule is O=C(N[C@@H](CCN1CC[C@H](CCc2ccc3c(n2)NCCC3)C1)C(=O)O)c1ccc2cnn(C(F)F)c2c1. The van der Waals surface area contributed by atoms with Crippen LogP contribution >= 0.6 is 0 Å². The van der Waals surface area contributed by atoms with Crippen molar-refractivity contribution in [3.05, 3.63) is 53.3 Å². The Morgan fingerprint density at radius 2 is 2.11 bits per heavy atom. The van der Waals surface area contributed by atoms with Gasteiger partial charge in [0.15, 0.2) is 0 Å². The molecule has 202 valence electrons. The fourth-order valence-electron chi connectivity index (χ4n) is 5.36. The molecule has 9 nitrogen and oxygen atoms in total. The number of amides is 1. The van der Waals surface area contributed by atoms with Crippen LogP contribution in [0.3, 0.4) is 0 Å².